The van der Waals surface area contributed by atoms with Gasteiger partial charge >= 0.3 is 0 Å². The zero-order chi connectivity index (χ0) is 19.5. The first-order valence-corrected chi connectivity index (χ1v) is 9.90. The molecule has 0 radical (unpaired) electrons. The molecule has 1 aromatic carbocycles. The third-order valence-electron chi connectivity index (χ3n) is 4.96. The molecule has 2 rings (SSSR count). The monoisotopic (exact) mass is 376 g/mol. The minimum atomic E-state index is -0.0457. The van der Waals surface area contributed by atoms with E-state index in [1.807, 2.05) is 24.3 Å². The molecule has 0 spiro atoms. The molecule has 1 N–H and O–H groups in total. The van der Waals surface area contributed by atoms with Gasteiger partial charge in [0.2, 0.25) is 11.8 Å². The number of carbonyl (C=O) groups is 2. The van der Waals surface area contributed by atoms with Crippen LogP contribution in [0.2, 0.25) is 0 Å². The summed E-state index contributed by atoms with van der Waals surface area (Å²) >= 11 is 0. The second-order valence-corrected chi connectivity index (χ2v) is 7.04. The van der Waals surface area contributed by atoms with Crippen LogP contribution >= 0.6 is 0 Å². The van der Waals surface area contributed by atoms with Crippen LogP contribution in [-0.4, -0.2) is 49.6 Å². The van der Waals surface area contributed by atoms with Crippen LogP contribution < -0.4 is 14.8 Å². The predicted octanol–water partition coefficient (Wildman–Crippen LogP) is 3.15. The molecular weight excluding hydrogens is 344 g/mol. The number of methoxy groups -OCH3 is 1. The van der Waals surface area contributed by atoms with Crippen molar-refractivity contribution in [2.24, 2.45) is 0 Å². The molecule has 1 aromatic rings. The van der Waals surface area contributed by atoms with Gasteiger partial charge in [-0.15, -0.1) is 0 Å². The first-order chi connectivity index (χ1) is 13.1. The highest BCUT2D eigenvalue weighted by Crippen LogP contribution is 2.18. The van der Waals surface area contributed by atoms with Crippen molar-refractivity contribution in [3.05, 3.63) is 24.3 Å². The number of amides is 2. The lowest BCUT2D eigenvalue weighted by Gasteiger charge is -2.22. The van der Waals surface area contributed by atoms with Crippen LogP contribution in [0.15, 0.2) is 24.3 Å². The van der Waals surface area contributed by atoms with E-state index in [1.54, 1.807) is 12.0 Å². The first kappa shape index (κ1) is 21.1. The lowest BCUT2D eigenvalue weighted by atomic mass is 10.1. The van der Waals surface area contributed by atoms with Crippen molar-refractivity contribution in [3.63, 3.8) is 0 Å². The fraction of sp³-hybridized carbons (Fsp3) is 0.619. The maximum absolute atomic E-state index is 12.2. The zero-order valence-electron chi connectivity index (χ0n) is 16.5. The van der Waals surface area contributed by atoms with Crippen molar-refractivity contribution >= 4 is 11.8 Å². The average molecular weight is 376 g/mol. The summed E-state index contributed by atoms with van der Waals surface area (Å²) in [4.78, 5) is 25.7. The van der Waals surface area contributed by atoms with Crippen molar-refractivity contribution < 1.29 is 19.1 Å². The van der Waals surface area contributed by atoms with Crippen LogP contribution in [0.25, 0.3) is 0 Å². The molecule has 1 fully saturated rings. The molecule has 6 nitrogen and oxygen atoms in total. The predicted molar refractivity (Wildman–Crippen MR) is 105 cm³/mol. The van der Waals surface area contributed by atoms with Gasteiger partial charge in [-0.25, -0.2) is 0 Å². The van der Waals surface area contributed by atoms with Crippen LogP contribution in [0.4, 0.5) is 0 Å². The molecule has 2 amide bonds. The topological polar surface area (TPSA) is 67.9 Å². The first-order valence-electron chi connectivity index (χ1n) is 9.90. The standard InChI is InChI=1S/C21H32N2O4/c1-17(24)23(15-16-27-20-11-9-19(26-2)10-12-20)14-13-21(25)22-18-7-5-3-4-6-8-18/h9-12,18H,3-8,13-16H2,1-2H3,(H,22,25). The van der Waals surface area contributed by atoms with E-state index in [1.165, 1.54) is 32.6 Å². The molecule has 1 aliphatic carbocycles. The van der Waals surface area contributed by atoms with E-state index in [4.69, 9.17) is 9.47 Å². The van der Waals surface area contributed by atoms with Crippen molar-refractivity contribution in [3.8, 4) is 11.5 Å². The summed E-state index contributed by atoms with van der Waals surface area (Å²) in [6, 6.07) is 7.62. The molecule has 0 aliphatic heterocycles. The number of carbonyl (C=O) groups excluding carboxylic acids is 2. The summed E-state index contributed by atoms with van der Waals surface area (Å²) < 4.78 is 10.8. The number of nitrogens with zero attached hydrogens (tertiary/aromatic N) is 1. The normalized spacial score (nSPS) is 14.9. The quantitative estimate of drug-likeness (QED) is 0.672. The van der Waals surface area contributed by atoms with E-state index < -0.39 is 0 Å². The van der Waals surface area contributed by atoms with Crippen molar-refractivity contribution in [1.29, 1.82) is 0 Å². The molecule has 0 atom stereocenters. The number of hydrogen-bond acceptors (Lipinski definition) is 4. The highest BCUT2D eigenvalue weighted by Gasteiger charge is 2.16. The lowest BCUT2D eigenvalue weighted by molar-refractivity contribution is -0.130. The Morgan fingerprint density at radius 1 is 1.04 bits per heavy atom. The van der Waals surface area contributed by atoms with Gasteiger partial charge in [0.25, 0.3) is 0 Å². The second-order valence-electron chi connectivity index (χ2n) is 7.04. The van der Waals surface area contributed by atoms with E-state index in [0.29, 0.717) is 32.2 Å². The molecule has 0 saturated heterocycles. The highest BCUT2D eigenvalue weighted by molar-refractivity contribution is 5.78. The van der Waals surface area contributed by atoms with Crippen LogP contribution in [-0.2, 0) is 9.59 Å². The minimum absolute atomic E-state index is 0.0317. The van der Waals surface area contributed by atoms with Crippen LogP contribution in [0.1, 0.15) is 51.9 Å². The fourth-order valence-electron chi connectivity index (χ4n) is 3.33. The average Bonchev–Trinajstić information content (AvgIpc) is 2.93. The highest BCUT2D eigenvalue weighted by atomic mass is 16.5. The van der Waals surface area contributed by atoms with Gasteiger partial charge in [0.1, 0.15) is 18.1 Å². The third-order valence-corrected chi connectivity index (χ3v) is 4.96. The van der Waals surface area contributed by atoms with Crippen molar-refractivity contribution in [1.82, 2.24) is 10.2 Å². The van der Waals surface area contributed by atoms with E-state index in [9.17, 15) is 9.59 Å². The molecule has 27 heavy (non-hydrogen) atoms. The number of rotatable bonds is 9. The van der Waals surface area contributed by atoms with E-state index in [0.717, 1.165) is 24.3 Å². The molecule has 0 aromatic heterocycles. The summed E-state index contributed by atoms with van der Waals surface area (Å²) in [6.07, 6.45) is 7.37. The molecule has 150 valence electrons. The SMILES string of the molecule is COc1ccc(OCCN(CCC(=O)NC2CCCCCC2)C(C)=O)cc1. The summed E-state index contributed by atoms with van der Waals surface area (Å²) in [5.74, 6) is 1.48. The van der Waals surface area contributed by atoms with Crippen LogP contribution in [0, 0.1) is 0 Å². The smallest absolute Gasteiger partial charge is 0.221 e. The van der Waals surface area contributed by atoms with Crippen molar-refractivity contribution in [2.45, 2.75) is 57.9 Å². The number of benzene rings is 1. The number of nitrogens with one attached hydrogen (secondary N) is 1. The summed E-state index contributed by atoms with van der Waals surface area (Å²) in [6.45, 7) is 2.78. The maximum atomic E-state index is 12.2. The Hall–Kier alpha value is -2.24. The van der Waals surface area contributed by atoms with Gasteiger partial charge in [0, 0.05) is 25.9 Å². The Labute approximate surface area is 162 Å². The van der Waals surface area contributed by atoms with Crippen molar-refractivity contribution in [2.75, 3.05) is 26.8 Å². The summed E-state index contributed by atoms with van der Waals surface area (Å²) in [5.41, 5.74) is 0. The summed E-state index contributed by atoms with van der Waals surface area (Å²) in [5, 5.41) is 3.13. The Bertz CT molecular complexity index is 580. The molecule has 6 heteroatoms. The van der Waals surface area contributed by atoms with E-state index in [-0.39, 0.29) is 11.8 Å². The zero-order valence-corrected chi connectivity index (χ0v) is 16.5. The molecule has 1 saturated carbocycles. The Morgan fingerprint density at radius 3 is 2.26 bits per heavy atom. The maximum Gasteiger partial charge on any atom is 0.221 e. The number of ether oxygens (including phenoxy) is 2. The number of hydrogen-bond donors (Lipinski definition) is 1. The lowest BCUT2D eigenvalue weighted by Crippen LogP contribution is -2.39. The van der Waals surface area contributed by atoms with Gasteiger partial charge in [0.05, 0.1) is 13.7 Å². The largest absolute Gasteiger partial charge is 0.497 e. The van der Waals surface area contributed by atoms with Gasteiger partial charge in [-0.2, -0.15) is 0 Å². The van der Waals surface area contributed by atoms with E-state index in [2.05, 4.69) is 5.32 Å². The molecule has 0 unspecified atom stereocenters. The molecule has 1 aliphatic rings. The minimum Gasteiger partial charge on any atom is -0.497 e. The molecule has 0 bridgehead atoms. The van der Waals surface area contributed by atoms with Crippen LogP contribution in [0.3, 0.4) is 0 Å². The van der Waals surface area contributed by atoms with Gasteiger partial charge in [-0.3, -0.25) is 9.59 Å². The third kappa shape index (κ3) is 7.89. The van der Waals surface area contributed by atoms with Gasteiger partial charge < -0.3 is 19.7 Å². The van der Waals surface area contributed by atoms with Gasteiger partial charge in [-0.1, -0.05) is 25.7 Å². The molecular formula is C21H32N2O4. The second kappa shape index (κ2) is 11.5. The Morgan fingerprint density at radius 2 is 1.67 bits per heavy atom. The summed E-state index contributed by atoms with van der Waals surface area (Å²) in [7, 11) is 1.62. The van der Waals surface area contributed by atoms with Gasteiger partial charge in [0.15, 0.2) is 0 Å². The fourth-order valence-corrected chi connectivity index (χ4v) is 3.33. The Kier molecular flexibility index (Phi) is 8.95. The van der Waals surface area contributed by atoms with E-state index >= 15 is 0 Å². The Balaban J connectivity index is 1.70. The van der Waals surface area contributed by atoms with Gasteiger partial charge in [-0.05, 0) is 37.1 Å². The molecule has 0 heterocycles. The van der Waals surface area contributed by atoms with Crippen LogP contribution in [0.5, 0.6) is 11.5 Å².